The Morgan fingerprint density at radius 3 is 2.47 bits per heavy atom. The number of hydrogen-bond donors (Lipinski definition) is 1. The fourth-order valence-corrected chi connectivity index (χ4v) is 7.14. The van der Waals surface area contributed by atoms with Crippen LogP contribution in [0.3, 0.4) is 0 Å². The van der Waals surface area contributed by atoms with Crippen molar-refractivity contribution >= 4 is 57.3 Å². The van der Waals surface area contributed by atoms with Gasteiger partial charge in [-0.25, -0.2) is 0 Å². The standard InChI is InChI=1S/C32H23ClN2O3/c1-18(36)29-28(30(37)22-10-4-6-12-24(22)33)32(23-11-5-7-13-25(23)34-31(32)38)27-17-15-21-20-9-3-2-8-19(20)14-16-26(21)35(27)29/h2-17,27-29H,1H3,(H,34,38)/t27-,28+,29-,32-/m1/s1. The molecule has 0 bridgehead atoms. The number of anilines is 2. The first-order valence-corrected chi connectivity index (χ1v) is 13.0. The normalized spacial score (nSPS) is 24.7. The number of fused-ring (bicyclic) bond motifs is 8. The SMILES string of the molecule is CC(=O)[C@@H]1[C@@H](C(=O)c2ccccc2Cl)[C@]2(C(=O)Nc3ccccc32)[C@H]2C=Cc3c(ccc4ccccc34)N12. The second-order valence-electron chi connectivity index (χ2n) is 10.2. The third-order valence-electron chi connectivity index (χ3n) is 8.38. The Hall–Kier alpha value is -4.22. The lowest BCUT2D eigenvalue weighted by molar-refractivity contribution is -0.122. The maximum absolute atomic E-state index is 14.5. The molecule has 0 radical (unpaired) electrons. The van der Waals surface area contributed by atoms with E-state index in [1.165, 1.54) is 6.92 Å². The summed E-state index contributed by atoms with van der Waals surface area (Å²) in [5.74, 6) is -1.76. The molecular formula is C32H23ClN2O3. The first-order chi connectivity index (χ1) is 18.4. The first-order valence-electron chi connectivity index (χ1n) is 12.6. The molecule has 0 aromatic heterocycles. The van der Waals surface area contributed by atoms with Crippen LogP contribution in [0, 0.1) is 5.92 Å². The number of halogens is 1. The van der Waals surface area contributed by atoms with Gasteiger partial charge < -0.3 is 10.2 Å². The fourth-order valence-electron chi connectivity index (χ4n) is 6.91. The molecule has 1 fully saturated rings. The van der Waals surface area contributed by atoms with Crippen LogP contribution >= 0.6 is 11.6 Å². The Labute approximate surface area is 224 Å². The van der Waals surface area contributed by atoms with Crippen molar-refractivity contribution in [1.29, 1.82) is 0 Å². The van der Waals surface area contributed by atoms with Crippen LogP contribution in [-0.4, -0.2) is 29.6 Å². The summed E-state index contributed by atoms with van der Waals surface area (Å²) in [5.41, 5.74) is 2.19. The molecule has 1 spiro atoms. The van der Waals surface area contributed by atoms with Gasteiger partial charge in [0, 0.05) is 22.5 Å². The van der Waals surface area contributed by atoms with Crippen molar-refractivity contribution in [3.05, 3.63) is 113 Å². The van der Waals surface area contributed by atoms with Crippen molar-refractivity contribution in [2.75, 3.05) is 10.2 Å². The summed E-state index contributed by atoms with van der Waals surface area (Å²) < 4.78 is 0. The van der Waals surface area contributed by atoms with Gasteiger partial charge in [-0.2, -0.15) is 0 Å². The highest BCUT2D eigenvalue weighted by Gasteiger charge is 2.70. The van der Waals surface area contributed by atoms with E-state index in [0.29, 0.717) is 16.3 Å². The molecule has 186 valence electrons. The zero-order chi connectivity index (χ0) is 26.2. The van der Waals surface area contributed by atoms with E-state index >= 15 is 0 Å². The summed E-state index contributed by atoms with van der Waals surface area (Å²) in [7, 11) is 0. The monoisotopic (exact) mass is 518 g/mol. The van der Waals surface area contributed by atoms with E-state index < -0.39 is 23.4 Å². The third-order valence-corrected chi connectivity index (χ3v) is 8.71. The Bertz CT molecular complexity index is 1730. The van der Waals surface area contributed by atoms with Crippen molar-refractivity contribution in [2.45, 2.75) is 24.4 Å². The van der Waals surface area contributed by atoms with Gasteiger partial charge >= 0.3 is 0 Å². The average molecular weight is 519 g/mol. The van der Waals surface area contributed by atoms with Crippen molar-refractivity contribution < 1.29 is 14.4 Å². The smallest absolute Gasteiger partial charge is 0.238 e. The van der Waals surface area contributed by atoms with E-state index in [4.69, 9.17) is 11.6 Å². The van der Waals surface area contributed by atoms with Gasteiger partial charge in [-0.15, -0.1) is 0 Å². The molecule has 4 aromatic rings. The number of rotatable bonds is 3. The molecule has 1 N–H and O–H groups in total. The first kappa shape index (κ1) is 22.9. The Kier molecular flexibility index (Phi) is 4.91. The van der Waals surface area contributed by atoms with Crippen LogP contribution in [0.25, 0.3) is 16.8 Å². The van der Waals surface area contributed by atoms with Crippen LogP contribution < -0.4 is 10.2 Å². The van der Waals surface area contributed by atoms with Crippen molar-refractivity contribution in [1.82, 2.24) is 0 Å². The highest BCUT2D eigenvalue weighted by molar-refractivity contribution is 6.34. The number of hydrogen-bond acceptors (Lipinski definition) is 4. The van der Waals surface area contributed by atoms with E-state index in [2.05, 4.69) is 11.4 Å². The molecule has 3 heterocycles. The molecule has 1 amide bonds. The van der Waals surface area contributed by atoms with Gasteiger partial charge in [-0.3, -0.25) is 14.4 Å². The third kappa shape index (κ3) is 2.85. The van der Waals surface area contributed by atoms with Crippen molar-refractivity contribution in [3.63, 3.8) is 0 Å². The number of nitrogens with zero attached hydrogens (tertiary/aromatic N) is 1. The highest BCUT2D eigenvalue weighted by Crippen LogP contribution is 2.58. The number of nitrogens with one attached hydrogen (secondary N) is 1. The maximum atomic E-state index is 14.5. The van der Waals surface area contributed by atoms with Crippen molar-refractivity contribution in [2.24, 2.45) is 5.92 Å². The summed E-state index contributed by atoms with van der Waals surface area (Å²) in [6.07, 6.45) is 4.03. The topological polar surface area (TPSA) is 66.5 Å². The predicted molar refractivity (Wildman–Crippen MR) is 150 cm³/mol. The number of carbonyl (C=O) groups excluding carboxylic acids is 3. The number of benzene rings is 4. The lowest BCUT2D eigenvalue weighted by Crippen LogP contribution is -2.51. The van der Waals surface area contributed by atoms with Crippen LogP contribution in [0.4, 0.5) is 11.4 Å². The minimum Gasteiger partial charge on any atom is -0.352 e. The molecule has 7 rings (SSSR count). The lowest BCUT2D eigenvalue weighted by Gasteiger charge is -2.38. The fraction of sp³-hybridized carbons (Fsp3) is 0.156. The predicted octanol–water partition coefficient (Wildman–Crippen LogP) is 6.06. The van der Waals surface area contributed by atoms with Gasteiger partial charge in [0.25, 0.3) is 0 Å². The number of para-hydroxylation sites is 1. The molecule has 3 aliphatic heterocycles. The van der Waals surface area contributed by atoms with Gasteiger partial charge in [0.2, 0.25) is 5.91 Å². The lowest BCUT2D eigenvalue weighted by atomic mass is 9.64. The molecule has 5 nitrogen and oxygen atoms in total. The number of amides is 1. The van der Waals surface area contributed by atoms with E-state index in [1.54, 1.807) is 24.3 Å². The summed E-state index contributed by atoms with van der Waals surface area (Å²) in [4.78, 5) is 44.3. The molecular weight excluding hydrogens is 496 g/mol. The van der Waals surface area contributed by atoms with Gasteiger partial charge in [-0.05, 0) is 47.5 Å². The van der Waals surface area contributed by atoms with Crippen LogP contribution in [0.5, 0.6) is 0 Å². The number of ketones is 2. The van der Waals surface area contributed by atoms with Crippen LogP contribution in [0.15, 0.2) is 91.0 Å². The molecule has 1 saturated heterocycles. The largest absolute Gasteiger partial charge is 0.352 e. The van der Waals surface area contributed by atoms with Gasteiger partial charge in [-0.1, -0.05) is 84.4 Å². The minimum atomic E-state index is -1.32. The molecule has 4 atom stereocenters. The molecule has 6 heteroatoms. The van der Waals surface area contributed by atoms with E-state index in [0.717, 1.165) is 27.6 Å². The van der Waals surface area contributed by atoms with Gasteiger partial charge in [0.05, 0.1) is 23.0 Å². The van der Waals surface area contributed by atoms with Crippen LogP contribution in [0.2, 0.25) is 5.02 Å². The summed E-state index contributed by atoms with van der Waals surface area (Å²) in [5, 5.41) is 5.46. The summed E-state index contributed by atoms with van der Waals surface area (Å²) in [6, 6.07) is 25.0. The van der Waals surface area contributed by atoms with Crippen molar-refractivity contribution in [3.8, 4) is 0 Å². The molecule has 0 unspecified atom stereocenters. The quantitative estimate of drug-likeness (QED) is 0.335. The number of Topliss-reactive ketones (excluding diaryl/α,β-unsaturated/α-hetero) is 2. The van der Waals surface area contributed by atoms with Crippen LogP contribution in [0.1, 0.15) is 28.4 Å². The molecule has 4 aromatic carbocycles. The van der Waals surface area contributed by atoms with Gasteiger partial charge in [0.15, 0.2) is 11.6 Å². The average Bonchev–Trinajstić information content (AvgIpc) is 3.41. The minimum absolute atomic E-state index is 0.177. The van der Waals surface area contributed by atoms with Crippen LogP contribution in [-0.2, 0) is 15.0 Å². The van der Waals surface area contributed by atoms with E-state index in [-0.39, 0.29) is 17.5 Å². The Balaban J connectivity index is 1.55. The van der Waals surface area contributed by atoms with E-state index in [9.17, 15) is 14.4 Å². The molecule has 3 aliphatic rings. The second-order valence-corrected chi connectivity index (χ2v) is 10.6. The summed E-state index contributed by atoms with van der Waals surface area (Å²) >= 11 is 6.52. The van der Waals surface area contributed by atoms with E-state index in [1.807, 2.05) is 71.6 Å². The highest BCUT2D eigenvalue weighted by atomic mass is 35.5. The maximum Gasteiger partial charge on any atom is 0.238 e. The molecule has 38 heavy (non-hydrogen) atoms. The van der Waals surface area contributed by atoms with Gasteiger partial charge in [0.1, 0.15) is 5.41 Å². The Morgan fingerprint density at radius 1 is 0.921 bits per heavy atom. The zero-order valence-corrected chi connectivity index (χ0v) is 21.3. The summed E-state index contributed by atoms with van der Waals surface area (Å²) in [6.45, 7) is 1.51. The second kappa shape index (κ2) is 8.14. The molecule has 0 saturated carbocycles. The Morgan fingerprint density at radius 2 is 1.66 bits per heavy atom. The number of carbonyl (C=O) groups is 3. The zero-order valence-electron chi connectivity index (χ0n) is 20.5. The molecule has 0 aliphatic carbocycles.